The van der Waals surface area contributed by atoms with Crippen LogP contribution in [-0.4, -0.2) is 23.9 Å². The number of fused-ring (bicyclic) bond motifs is 7. The first-order valence-corrected chi connectivity index (χ1v) is 6.24. The number of esters is 4. The molecule has 6 heteroatoms. The van der Waals surface area contributed by atoms with E-state index in [0.29, 0.717) is 39.8 Å². The van der Waals surface area contributed by atoms with E-state index < -0.39 is 23.9 Å². The summed E-state index contributed by atoms with van der Waals surface area (Å²) in [7, 11) is 0. The molecule has 0 saturated carbocycles. The standard InChI is InChI=1S/C15H4O6/c16-12-8-1-4-5(2-9(8)13(17)20-12)7-3-6(4)10-11(7)15(19)21-14(10)18/h1-2H,3H2. The molecule has 2 heterocycles. The number of rotatable bonds is 0. The molecule has 0 spiro atoms. The Bertz CT molecular complexity index is 855. The zero-order valence-electron chi connectivity index (χ0n) is 10.3. The fourth-order valence-corrected chi connectivity index (χ4v) is 3.38. The molecule has 2 bridgehead atoms. The van der Waals surface area contributed by atoms with Crippen molar-refractivity contribution in [2.75, 3.05) is 0 Å². The van der Waals surface area contributed by atoms with Crippen molar-refractivity contribution < 1.29 is 28.7 Å². The van der Waals surface area contributed by atoms with Gasteiger partial charge >= 0.3 is 23.9 Å². The van der Waals surface area contributed by atoms with Crippen LogP contribution in [-0.2, 0) is 19.1 Å². The maximum absolute atomic E-state index is 11.7. The summed E-state index contributed by atoms with van der Waals surface area (Å²) in [5.74, 6) is -2.68. The normalized spacial score (nSPS) is 21.0. The molecule has 6 nitrogen and oxygen atoms in total. The number of hydrogen-bond donors (Lipinski definition) is 0. The first-order chi connectivity index (χ1) is 10.1. The van der Waals surface area contributed by atoms with Gasteiger partial charge in [0, 0.05) is 6.42 Å². The lowest BCUT2D eigenvalue weighted by Crippen LogP contribution is -2.02. The third-order valence-corrected chi connectivity index (χ3v) is 4.23. The highest BCUT2D eigenvalue weighted by molar-refractivity contribution is 6.31. The van der Waals surface area contributed by atoms with Crippen molar-refractivity contribution in [3.05, 3.63) is 45.5 Å². The topological polar surface area (TPSA) is 86.7 Å². The molecule has 1 aromatic rings. The summed E-state index contributed by atoms with van der Waals surface area (Å²) in [6.07, 6.45) is 0.451. The number of benzene rings is 1. The van der Waals surface area contributed by atoms with Gasteiger partial charge in [-0.3, -0.25) is 0 Å². The second kappa shape index (κ2) is 3.01. The Morgan fingerprint density at radius 2 is 1.05 bits per heavy atom. The highest BCUT2D eigenvalue weighted by Gasteiger charge is 2.48. The minimum absolute atomic E-state index is 0.194. The van der Waals surface area contributed by atoms with Gasteiger partial charge in [0.05, 0.1) is 22.3 Å². The maximum atomic E-state index is 11.7. The van der Waals surface area contributed by atoms with Crippen LogP contribution in [0.3, 0.4) is 0 Å². The fraction of sp³-hybridized carbons (Fsp3) is 0.0667. The third-order valence-electron chi connectivity index (χ3n) is 4.23. The van der Waals surface area contributed by atoms with Crippen molar-refractivity contribution in [2.24, 2.45) is 0 Å². The fourth-order valence-electron chi connectivity index (χ4n) is 3.38. The summed E-state index contributed by atoms with van der Waals surface area (Å²) in [6, 6.07) is 3.11. The number of cyclic esters (lactones) is 4. The molecule has 0 radical (unpaired) electrons. The summed E-state index contributed by atoms with van der Waals surface area (Å²) in [6.45, 7) is 0. The van der Waals surface area contributed by atoms with E-state index in [4.69, 9.17) is 0 Å². The van der Waals surface area contributed by atoms with Crippen molar-refractivity contribution in [2.45, 2.75) is 6.42 Å². The summed E-state index contributed by atoms with van der Waals surface area (Å²) in [5.41, 5.74) is 3.72. The SMILES string of the molecule is O=C1OC(=O)C2=C3CC(=C12)c1cc2c(cc13)C(=O)OC2=O. The van der Waals surface area contributed by atoms with Gasteiger partial charge in [-0.05, 0) is 34.4 Å². The number of ether oxygens (including phenoxy) is 2. The minimum Gasteiger partial charge on any atom is -0.386 e. The Balaban J connectivity index is 1.87. The molecular weight excluding hydrogens is 276 g/mol. The van der Waals surface area contributed by atoms with E-state index >= 15 is 0 Å². The van der Waals surface area contributed by atoms with Gasteiger partial charge < -0.3 is 9.47 Å². The van der Waals surface area contributed by atoms with Crippen molar-refractivity contribution in [1.29, 1.82) is 0 Å². The first kappa shape index (κ1) is 10.7. The van der Waals surface area contributed by atoms with Gasteiger partial charge in [-0.15, -0.1) is 0 Å². The monoisotopic (exact) mass is 280 g/mol. The quantitative estimate of drug-likeness (QED) is 0.520. The van der Waals surface area contributed by atoms with Crippen LogP contribution in [0.1, 0.15) is 38.3 Å². The zero-order chi connectivity index (χ0) is 14.5. The molecule has 100 valence electrons. The second-order valence-corrected chi connectivity index (χ2v) is 5.18. The third kappa shape index (κ3) is 1.02. The van der Waals surface area contributed by atoms with Crippen molar-refractivity contribution >= 4 is 35.0 Å². The van der Waals surface area contributed by atoms with Gasteiger partial charge in [-0.2, -0.15) is 0 Å². The van der Waals surface area contributed by atoms with Gasteiger partial charge in [0.25, 0.3) is 0 Å². The van der Waals surface area contributed by atoms with E-state index in [-0.39, 0.29) is 11.1 Å². The molecule has 0 N–H and O–H groups in total. The van der Waals surface area contributed by atoms with Crippen LogP contribution in [0, 0.1) is 0 Å². The zero-order valence-corrected chi connectivity index (χ0v) is 10.3. The van der Waals surface area contributed by atoms with E-state index in [0.717, 1.165) is 0 Å². The molecule has 2 aliphatic heterocycles. The molecule has 4 aliphatic rings. The molecule has 5 rings (SSSR count). The Labute approximate surface area is 116 Å². The smallest absolute Gasteiger partial charge is 0.347 e. The molecule has 1 aromatic carbocycles. The molecule has 0 aromatic heterocycles. The van der Waals surface area contributed by atoms with Crippen molar-refractivity contribution in [3.8, 4) is 0 Å². The largest absolute Gasteiger partial charge is 0.386 e. The average molecular weight is 280 g/mol. The molecular formula is C15H4O6. The molecule has 2 aliphatic carbocycles. The number of carbonyl (C=O) groups is 4. The summed E-state index contributed by atoms with van der Waals surface area (Å²) < 4.78 is 9.20. The number of allylic oxidation sites excluding steroid dienone is 2. The highest BCUT2D eigenvalue weighted by Crippen LogP contribution is 2.54. The van der Waals surface area contributed by atoms with Gasteiger partial charge in [0.2, 0.25) is 0 Å². The van der Waals surface area contributed by atoms with Crippen LogP contribution in [0.2, 0.25) is 0 Å². The van der Waals surface area contributed by atoms with E-state index in [2.05, 4.69) is 9.47 Å². The number of carbonyl (C=O) groups excluding carboxylic acids is 4. The predicted molar refractivity (Wildman–Crippen MR) is 65.7 cm³/mol. The van der Waals surface area contributed by atoms with Crippen LogP contribution in [0.15, 0.2) is 23.3 Å². The first-order valence-electron chi connectivity index (χ1n) is 6.24. The molecule has 0 unspecified atom stereocenters. The summed E-state index contributed by atoms with van der Waals surface area (Å²) in [4.78, 5) is 46.7. The molecule has 1 saturated heterocycles. The van der Waals surface area contributed by atoms with E-state index in [9.17, 15) is 19.2 Å². The molecule has 21 heavy (non-hydrogen) atoms. The van der Waals surface area contributed by atoms with Crippen LogP contribution in [0.4, 0.5) is 0 Å². The lowest BCUT2D eigenvalue weighted by molar-refractivity contribution is -0.149. The van der Waals surface area contributed by atoms with Crippen LogP contribution in [0.5, 0.6) is 0 Å². The van der Waals surface area contributed by atoms with E-state index in [1.807, 2.05) is 0 Å². The molecule has 0 amide bonds. The maximum Gasteiger partial charge on any atom is 0.347 e. The van der Waals surface area contributed by atoms with Crippen molar-refractivity contribution in [1.82, 2.24) is 0 Å². The Kier molecular flexibility index (Phi) is 1.54. The Hall–Kier alpha value is -3.02. The van der Waals surface area contributed by atoms with Gasteiger partial charge in [0.1, 0.15) is 0 Å². The van der Waals surface area contributed by atoms with E-state index in [1.54, 1.807) is 12.1 Å². The van der Waals surface area contributed by atoms with E-state index in [1.165, 1.54) is 0 Å². The van der Waals surface area contributed by atoms with Crippen LogP contribution in [0.25, 0.3) is 11.1 Å². The number of hydrogen-bond acceptors (Lipinski definition) is 6. The lowest BCUT2D eigenvalue weighted by Gasteiger charge is -2.08. The molecule has 1 fully saturated rings. The van der Waals surface area contributed by atoms with Crippen molar-refractivity contribution in [3.63, 3.8) is 0 Å². The highest BCUT2D eigenvalue weighted by atomic mass is 16.6. The Morgan fingerprint density at radius 1 is 0.619 bits per heavy atom. The second-order valence-electron chi connectivity index (χ2n) is 5.18. The minimum atomic E-state index is -0.689. The summed E-state index contributed by atoms with van der Waals surface area (Å²) in [5, 5.41) is 0. The Morgan fingerprint density at radius 3 is 1.52 bits per heavy atom. The summed E-state index contributed by atoms with van der Waals surface area (Å²) >= 11 is 0. The average Bonchev–Trinajstić information content (AvgIpc) is 3.13. The van der Waals surface area contributed by atoms with Crippen LogP contribution < -0.4 is 0 Å². The predicted octanol–water partition coefficient (Wildman–Crippen LogP) is 1.01. The lowest BCUT2D eigenvalue weighted by atomic mass is 9.90. The van der Waals surface area contributed by atoms with Crippen LogP contribution >= 0.6 is 0 Å². The molecule has 0 atom stereocenters. The van der Waals surface area contributed by atoms with Gasteiger partial charge in [-0.25, -0.2) is 19.2 Å². The van der Waals surface area contributed by atoms with Gasteiger partial charge in [-0.1, -0.05) is 0 Å². The van der Waals surface area contributed by atoms with Gasteiger partial charge in [0.15, 0.2) is 0 Å².